The third-order valence-corrected chi connectivity index (χ3v) is 2.80. The third kappa shape index (κ3) is 2.58. The van der Waals surface area contributed by atoms with Crippen molar-refractivity contribution in [3.63, 3.8) is 0 Å². The maximum Gasteiger partial charge on any atom is 0.163 e. The van der Waals surface area contributed by atoms with Crippen LogP contribution in [0.3, 0.4) is 0 Å². The smallest absolute Gasteiger partial charge is 0.163 e. The summed E-state index contributed by atoms with van der Waals surface area (Å²) < 4.78 is 5.62. The van der Waals surface area contributed by atoms with Gasteiger partial charge in [-0.25, -0.2) is 0 Å². The molecular formula is C13H10N2OS. The number of thiol groups is 1. The first-order valence-corrected chi connectivity index (χ1v) is 5.47. The van der Waals surface area contributed by atoms with Gasteiger partial charge in [-0.15, -0.1) is 12.6 Å². The number of ether oxygens (including phenoxy) is 1. The molecule has 3 nitrogen and oxygen atoms in total. The summed E-state index contributed by atoms with van der Waals surface area (Å²) in [6, 6.07) is 9.22. The van der Waals surface area contributed by atoms with E-state index in [4.69, 9.17) is 10.00 Å². The first-order chi connectivity index (χ1) is 8.20. The van der Waals surface area contributed by atoms with E-state index in [0.717, 1.165) is 10.5 Å². The summed E-state index contributed by atoms with van der Waals surface area (Å²) in [5.74, 6) is 1.13. The predicted octanol–water partition coefficient (Wildman–Crippen LogP) is 3.34. The van der Waals surface area contributed by atoms with Crippen molar-refractivity contribution < 1.29 is 4.74 Å². The fourth-order valence-corrected chi connectivity index (χ4v) is 1.51. The predicted molar refractivity (Wildman–Crippen MR) is 67.5 cm³/mol. The highest BCUT2D eigenvalue weighted by Gasteiger charge is 2.05. The molecule has 0 saturated heterocycles. The lowest BCUT2D eigenvalue weighted by Gasteiger charge is -2.08. The molecule has 0 radical (unpaired) electrons. The van der Waals surface area contributed by atoms with Crippen LogP contribution in [0.1, 0.15) is 11.1 Å². The van der Waals surface area contributed by atoms with Crippen molar-refractivity contribution in [2.75, 3.05) is 0 Å². The van der Waals surface area contributed by atoms with Gasteiger partial charge in [-0.05, 0) is 36.8 Å². The van der Waals surface area contributed by atoms with E-state index in [0.29, 0.717) is 17.1 Å². The molecule has 0 aliphatic carbocycles. The zero-order chi connectivity index (χ0) is 12.3. The first-order valence-electron chi connectivity index (χ1n) is 5.02. The molecule has 0 atom stereocenters. The summed E-state index contributed by atoms with van der Waals surface area (Å²) in [4.78, 5) is 4.84. The van der Waals surface area contributed by atoms with Crippen molar-refractivity contribution in [1.82, 2.24) is 4.98 Å². The molecule has 0 fully saturated rings. The molecule has 2 aromatic rings. The van der Waals surface area contributed by atoms with E-state index in [9.17, 15) is 0 Å². The van der Waals surface area contributed by atoms with Gasteiger partial charge in [0.25, 0.3) is 0 Å². The fraction of sp³-hybridized carbons (Fsp3) is 0.0769. The van der Waals surface area contributed by atoms with Crippen LogP contribution in [-0.4, -0.2) is 4.98 Å². The lowest BCUT2D eigenvalue weighted by Crippen LogP contribution is -1.90. The van der Waals surface area contributed by atoms with E-state index in [2.05, 4.69) is 23.7 Å². The monoisotopic (exact) mass is 242 g/mol. The second-order valence-electron chi connectivity index (χ2n) is 3.53. The molecule has 1 aromatic heterocycles. The summed E-state index contributed by atoms with van der Waals surface area (Å²) in [6.45, 7) is 1.95. The molecule has 17 heavy (non-hydrogen) atoms. The van der Waals surface area contributed by atoms with Gasteiger partial charge >= 0.3 is 0 Å². The number of aryl methyl sites for hydroxylation is 1. The van der Waals surface area contributed by atoms with E-state index < -0.39 is 0 Å². The summed E-state index contributed by atoms with van der Waals surface area (Å²) in [7, 11) is 0. The minimum Gasteiger partial charge on any atom is -0.454 e. The van der Waals surface area contributed by atoms with Crippen LogP contribution in [0.5, 0.6) is 11.5 Å². The highest BCUT2D eigenvalue weighted by Crippen LogP contribution is 2.26. The third-order valence-electron chi connectivity index (χ3n) is 2.30. The molecule has 0 unspecified atom stereocenters. The Morgan fingerprint density at radius 2 is 2.18 bits per heavy atom. The highest BCUT2D eigenvalue weighted by atomic mass is 32.1. The van der Waals surface area contributed by atoms with Crippen molar-refractivity contribution in [3.8, 4) is 17.6 Å². The van der Waals surface area contributed by atoms with Crippen LogP contribution in [0.15, 0.2) is 41.6 Å². The summed E-state index contributed by atoms with van der Waals surface area (Å²) >= 11 is 4.29. The van der Waals surface area contributed by atoms with Gasteiger partial charge in [0, 0.05) is 11.1 Å². The zero-order valence-corrected chi connectivity index (χ0v) is 10.1. The van der Waals surface area contributed by atoms with Gasteiger partial charge in [-0.3, -0.25) is 4.98 Å². The molecule has 2 rings (SSSR count). The van der Waals surface area contributed by atoms with Gasteiger partial charge in [-0.1, -0.05) is 0 Å². The molecule has 84 valence electrons. The van der Waals surface area contributed by atoms with Gasteiger partial charge in [-0.2, -0.15) is 5.26 Å². The lowest BCUT2D eigenvalue weighted by atomic mass is 10.2. The number of pyridine rings is 1. The second-order valence-corrected chi connectivity index (χ2v) is 4.02. The van der Waals surface area contributed by atoms with Gasteiger partial charge in [0.2, 0.25) is 0 Å². The number of rotatable bonds is 2. The Kier molecular flexibility index (Phi) is 3.31. The van der Waals surface area contributed by atoms with Crippen molar-refractivity contribution in [1.29, 1.82) is 5.26 Å². The standard InChI is InChI=1S/C13H10N2OS/c1-9-6-11(2-3-13(9)17)16-12-8-15-5-4-10(12)7-14/h2-6,8,17H,1H3. The number of benzene rings is 1. The number of hydrogen-bond acceptors (Lipinski definition) is 4. The van der Waals surface area contributed by atoms with Crippen LogP contribution in [0.25, 0.3) is 0 Å². The van der Waals surface area contributed by atoms with Crippen molar-refractivity contribution in [2.24, 2.45) is 0 Å². The minimum atomic E-state index is 0.460. The molecule has 0 spiro atoms. The van der Waals surface area contributed by atoms with Crippen LogP contribution in [0, 0.1) is 18.3 Å². The van der Waals surface area contributed by atoms with Crippen LogP contribution < -0.4 is 4.74 Å². The molecule has 0 aliphatic heterocycles. The second kappa shape index (κ2) is 4.89. The Labute approximate surface area is 105 Å². The summed E-state index contributed by atoms with van der Waals surface area (Å²) in [5, 5.41) is 8.93. The van der Waals surface area contributed by atoms with Gasteiger partial charge < -0.3 is 4.74 Å². The van der Waals surface area contributed by atoms with Crippen LogP contribution in [0.2, 0.25) is 0 Å². The van der Waals surface area contributed by atoms with E-state index >= 15 is 0 Å². The van der Waals surface area contributed by atoms with E-state index in [1.165, 1.54) is 6.20 Å². The Morgan fingerprint density at radius 3 is 2.88 bits per heavy atom. The Balaban J connectivity index is 2.32. The Hall–Kier alpha value is -1.99. The molecule has 4 heteroatoms. The average molecular weight is 242 g/mol. The molecule has 0 N–H and O–H groups in total. The lowest BCUT2D eigenvalue weighted by molar-refractivity contribution is 0.478. The number of nitriles is 1. The number of hydrogen-bond donors (Lipinski definition) is 1. The maximum atomic E-state index is 8.93. The largest absolute Gasteiger partial charge is 0.454 e. The topological polar surface area (TPSA) is 45.9 Å². The maximum absolute atomic E-state index is 8.93. The first kappa shape index (κ1) is 11.5. The van der Waals surface area contributed by atoms with E-state index in [1.54, 1.807) is 12.3 Å². The van der Waals surface area contributed by atoms with Crippen molar-refractivity contribution >= 4 is 12.6 Å². The van der Waals surface area contributed by atoms with E-state index in [-0.39, 0.29) is 0 Å². The molecule has 1 aromatic carbocycles. The number of aromatic nitrogens is 1. The SMILES string of the molecule is Cc1cc(Oc2cnccc2C#N)ccc1S. The summed E-state index contributed by atoms with van der Waals surface area (Å²) in [6.07, 6.45) is 3.09. The van der Waals surface area contributed by atoms with Gasteiger partial charge in [0.05, 0.1) is 11.8 Å². The Bertz CT molecular complexity index is 590. The molecule has 1 heterocycles. The molecular weight excluding hydrogens is 232 g/mol. The highest BCUT2D eigenvalue weighted by molar-refractivity contribution is 7.80. The van der Waals surface area contributed by atoms with Crippen LogP contribution >= 0.6 is 12.6 Å². The van der Waals surface area contributed by atoms with Crippen molar-refractivity contribution in [2.45, 2.75) is 11.8 Å². The average Bonchev–Trinajstić information content (AvgIpc) is 2.34. The van der Waals surface area contributed by atoms with Gasteiger partial charge in [0.15, 0.2) is 5.75 Å². The molecule has 0 bridgehead atoms. The molecule has 0 saturated carbocycles. The quantitative estimate of drug-likeness (QED) is 0.821. The fourth-order valence-electron chi connectivity index (χ4n) is 1.37. The molecule has 0 amide bonds. The van der Waals surface area contributed by atoms with Crippen molar-refractivity contribution in [3.05, 3.63) is 47.8 Å². The van der Waals surface area contributed by atoms with Gasteiger partial charge in [0.1, 0.15) is 11.8 Å². The summed E-state index contributed by atoms with van der Waals surface area (Å²) in [5.41, 5.74) is 1.49. The normalized spacial score (nSPS) is 9.71. The van der Waals surface area contributed by atoms with E-state index in [1.807, 2.05) is 25.1 Å². The number of nitrogens with zero attached hydrogens (tertiary/aromatic N) is 2. The van der Waals surface area contributed by atoms with Crippen LogP contribution in [0.4, 0.5) is 0 Å². The Morgan fingerprint density at radius 1 is 1.35 bits per heavy atom. The zero-order valence-electron chi connectivity index (χ0n) is 9.21. The van der Waals surface area contributed by atoms with Crippen LogP contribution in [-0.2, 0) is 0 Å². The molecule has 0 aliphatic rings. The minimum absolute atomic E-state index is 0.460.